The average molecular weight is 271 g/mol. The molecule has 1 aromatic carbocycles. The zero-order valence-electron chi connectivity index (χ0n) is 6.53. The minimum Gasteiger partial charge on any atom is -0.378 e. The Balaban J connectivity index is 2.71. The van der Waals surface area contributed by atoms with Crippen LogP contribution in [0.4, 0.5) is 14.5 Å². The summed E-state index contributed by atoms with van der Waals surface area (Å²) in [6.45, 7) is -0.376. The number of halogens is 4. The Morgan fingerprint density at radius 3 is 2.77 bits per heavy atom. The molecule has 5 heteroatoms. The highest BCUT2D eigenvalue weighted by atomic mass is 79.9. The van der Waals surface area contributed by atoms with Crippen molar-refractivity contribution in [3.05, 3.63) is 27.7 Å². The Bertz CT molecular complexity index is 293. The second kappa shape index (κ2) is 4.77. The first-order valence-corrected chi connectivity index (χ1v) is 4.74. The van der Waals surface area contributed by atoms with Gasteiger partial charge in [0.25, 0.3) is 6.43 Å². The lowest BCUT2D eigenvalue weighted by molar-refractivity contribution is 0.163. The largest absolute Gasteiger partial charge is 0.378 e. The van der Waals surface area contributed by atoms with Crippen molar-refractivity contribution in [2.75, 3.05) is 11.9 Å². The zero-order valence-corrected chi connectivity index (χ0v) is 8.87. The molecule has 0 aliphatic rings. The molecule has 0 radical (unpaired) electrons. The zero-order chi connectivity index (χ0) is 9.84. The summed E-state index contributed by atoms with van der Waals surface area (Å²) in [5.74, 6) is 0. The van der Waals surface area contributed by atoms with Gasteiger partial charge in [-0.15, -0.1) is 0 Å². The lowest BCUT2D eigenvalue weighted by atomic mass is 10.3. The summed E-state index contributed by atoms with van der Waals surface area (Å²) < 4.78 is 24.3. The summed E-state index contributed by atoms with van der Waals surface area (Å²) in [6.07, 6.45) is -2.37. The van der Waals surface area contributed by atoms with Crippen LogP contribution in [0.3, 0.4) is 0 Å². The summed E-state index contributed by atoms with van der Waals surface area (Å²) in [7, 11) is 0. The van der Waals surface area contributed by atoms with Gasteiger partial charge in [-0.1, -0.05) is 17.7 Å². The predicted molar refractivity (Wildman–Crippen MR) is 53.6 cm³/mol. The van der Waals surface area contributed by atoms with Crippen LogP contribution in [0, 0.1) is 0 Å². The Hall–Kier alpha value is -0.350. The average Bonchev–Trinajstić information content (AvgIpc) is 2.07. The summed E-state index contributed by atoms with van der Waals surface area (Å²) >= 11 is 8.95. The molecule has 0 unspecified atom stereocenters. The summed E-state index contributed by atoms with van der Waals surface area (Å²) in [5, 5.41) is 3.07. The molecule has 1 nitrogen and oxygen atoms in total. The van der Waals surface area contributed by atoms with Crippen molar-refractivity contribution in [1.82, 2.24) is 0 Å². The van der Waals surface area contributed by atoms with Crippen LogP contribution < -0.4 is 5.32 Å². The summed E-state index contributed by atoms with van der Waals surface area (Å²) in [5.41, 5.74) is 0.577. The van der Waals surface area contributed by atoms with Crippen LogP contribution in [0.5, 0.6) is 0 Å². The molecule has 0 spiro atoms. The first-order valence-electron chi connectivity index (χ1n) is 3.57. The van der Waals surface area contributed by atoms with Crippen molar-refractivity contribution >= 4 is 33.2 Å². The Morgan fingerprint density at radius 1 is 1.46 bits per heavy atom. The van der Waals surface area contributed by atoms with Crippen molar-refractivity contribution in [2.24, 2.45) is 0 Å². The van der Waals surface area contributed by atoms with Gasteiger partial charge in [-0.25, -0.2) is 8.78 Å². The molecular formula is C8H7BrClF2N. The fourth-order valence-corrected chi connectivity index (χ4v) is 1.41. The maximum Gasteiger partial charge on any atom is 0.255 e. The van der Waals surface area contributed by atoms with E-state index in [1.165, 1.54) is 0 Å². The van der Waals surface area contributed by atoms with E-state index < -0.39 is 6.43 Å². The minimum atomic E-state index is -2.37. The van der Waals surface area contributed by atoms with Gasteiger partial charge in [0.1, 0.15) is 0 Å². The van der Waals surface area contributed by atoms with Gasteiger partial charge < -0.3 is 5.32 Å². The molecule has 13 heavy (non-hydrogen) atoms. The van der Waals surface area contributed by atoms with Gasteiger partial charge in [-0.3, -0.25) is 0 Å². The number of benzene rings is 1. The quantitative estimate of drug-likeness (QED) is 0.881. The van der Waals surface area contributed by atoms with E-state index in [2.05, 4.69) is 21.2 Å². The molecule has 0 aromatic heterocycles. The van der Waals surface area contributed by atoms with Gasteiger partial charge in [0.15, 0.2) is 0 Å². The van der Waals surface area contributed by atoms with Gasteiger partial charge in [0.05, 0.1) is 21.7 Å². The molecule has 0 bridgehead atoms. The van der Waals surface area contributed by atoms with E-state index in [1.54, 1.807) is 18.2 Å². The third-order valence-corrected chi connectivity index (χ3v) is 2.80. The number of rotatable bonds is 3. The van der Waals surface area contributed by atoms with Crippen LogP contribution in [-0.2, 0) is 0 Å². The number of hydrogen-bond acceptors (Lipinski definition) is 1. The van der Waals surface area contributed by atoms with E-state index in [0.29, 0.717) is 15.2 Å². The van der Waals surface area contributed by atoms with E-state index in [4.69, 9.17) is 11.6 Å². The fourth-order valence-electron chi connectivity index (χ4n) is 0.827. The van der Waals surface area contributed by atoms with E-state index >= 15 is 0 Å². The summed E-state index contributed by atoms with van der Waals surface area (Å²) in [6, 6.07) is 5.05. The number of anilines is 1. The van der Waals surface area contributed by atoms with E-state index in [9.17, 15) is 8.78 Å². The van der Waals surface area contributed by atoms with Gasteiger partial charge in [0, 0.05) is 0 Å². The van der Waals surface area contributed by atoms with Crippen LogP contribution in [0.2, 0.25) is 5.02 Å². The number of hydrogen-bond donors (Lipinski definition) is 1. The Kier molecular flexibility index (Phi) is 3.93. The molecule has 1 N–H and O–H groups in total. The van der Waals surface area contributed by atoms with Crippen molar-refractivity contribution < 1.29 is 8.78 Å². The van der Waals surface area contributed by atoms with Crippen molar-refractivity contribution in [3.63, 3.8) is 0 Å². The second-order valence-electron chi connectivity index (χ2n) is 2.37. The minimum absolute atomic E-state index is 0.376. The van der Waals surface area contributed by atoms with Gasteiger partial charge in [0.2, 0.25) is 0 Å². The lowest BCUT2D eigenvalue weighted by Crippen LogP contribution is -2.10. The van der Waals surface area contributed by atoms with E-state index in [0.717, 1.165) is 0 Å². The lowest BCUT2D eigenvalue weighted by Gasteiger charge is -2.08. The highest BCUT2D eigenvalue weighted by molar-refractivity contribution is 9.10. The van der Waals surface area contributed by atoms with Crippen LogP contribution in [-0.4, -0.2) is 13.0 Å². The highest BCUT2D eigenvalue weighted by Crippen LogP contribution is 2.29. The van der Waals surface area contributed by atoms with Crippen molar-refractivity contribution in [1.29, 1.82) is 0 Å². The number of alkyl halides is 2. The molecule has 0 atom stereocenters. The molecule has 0 saturated carbocycles. The molecular weight excluding hydrogens is 263 g/mol. The van der Waals surface area contributed by atoms with E-state index in [-0.39, 0.29) is 6.54 Å². The molecule has 1 rings (SSSR count). The third kappa shape index (κ3) is 3.12. The number of nitrogens with one attached hydrogen (secondary N) is 1. The molecule has 0 saturated heterocycles. The normalized spacial score (nSPS) is 10.5. The monoisotopic (exact) mass is 269 g/mol. The van der Waals surface area contributed by atoms with Gasteiger partial charge >= 0.3 is 0 Å². The molecule has 0 fully saturated rings. The maximum absolute atomic E-state index is 11.8. The Morgan fingerprint density at radius 2 is 2.15 bits per heavy atom. The Labute approximate surface area is 88.2 Å². The molecule has 0 amide bonds. The molecule has 0 aliphatic carbocycles. The maximum atomic E-state index is 11.8. The second-order valence-corrected chi connectivity index (χ2v) is 3.57. The van der Waals surface area contributed by atoms with Crippen molar-refractivity contribution in [2.45, 2.75) is 6.43 Å². The van der Waals surface area contributed by atoms with Crippen LogP contribution >= 0.6 is 27.5 Å². The third-order valence-electron chi connectivity index (χ3n) is 1.40. The first kappa shape index (κ1) is 10.7. The predicted octanol–water partition coefficient (Wildman–Crippen LogP) is 3.78. The standard InChI is InChI=1S/C8H7BrClF2N/c9-8-5(10)2-1-3-6(8)13-4-7(11)12/h1-3,7,13H,4H2. The van der Waals surface area contributed by atoms with Gasteiger partial charge in [-0.05, 0) is 28.1 Å². The molecule has 0 heterocycles. The van der Waals surface area contributed by atoms with Crippen LogP contribution in [0.25, 0.3) is 0 Å². The van der Waals surface area contributed by atoms with Gasteiger partial charge in [-0.2, -0.15) is 0 Å². The molecule has 1 aromatic rings. The smallest absolute Gasteiger partial charge is 0.255 e. The van der Waals surface area contributed by atoms with Crippen LogP contribution in [0.15, 0.2) is 22.7 Å². The van der Waals surface area contributed by atoms with Crippen molar-refractivity contribution in [3.8, 4) is 0 Å². The highest BCUT2D eigenvalue weighted by Gasteiger charge is 2.06. The fraction of sp³-hybridized carbons (Fsp3) is 0.250. The van der Waals surface area contributed by atoms with Crippen LogP contribution in [0.1, 0.15) is 0 Å². The van der Waals surface area contributed by atoms with E-state index in [1.807, 2.05) is 0 Å². The molecule has 72 valence electrons. The topological polar surface area (TPSA) is 12.0 Å². The molecule has 0 aliphatic heterocycles. The summed E-state index contributed by atoms with van der Waals surface area (Å²) in [4.78, 5) is 0. The SMILES string of the molecule is FC(F)CNc1cccc(Cl)c1Br. The first-order chi connectivity index (χ1) is 6.11.